The Labute approximate surface area is 117 Å². The number of hydrogen-bond acceptors (Lipinski definition) is 2. The Hall–Kier alpha value is -1.29. The highest BCUT2D eigenvalue weighted by molar-refractivity contribution is 9.10. The van der Waals surface area contributed by atoms with Gasteiger partial charge in [-0.3, -0.25) is 0 Å². The molecule has 2 rings (SSSR count). The summed E-state index contributed by atoms with van der Waals surface area (Å²) in [6.07, 6.45) is 3.79. The molecule has 0 aliphatic rings. The third-order valence-electron chi connectivity index (χ3n) is 2.87. The lowest BCUT2D eigenvalue weighted by Gasteiger charge is -2.08. The minimum absolute atomic E-state index is 0.601. The molecule has 0 saturated heterocycles. The van der Waals surface area contributed by atoms with Crippen LogP contribution in [0.25, 0.3) is 0 Å². The normalized spacial score (nSPS) is 9.83. The van der Waals surface area contributed by atoms with Gasteiger partial charge in [-0.1, -0.05) is 19.9 Å². The highest BCUT2D eigenvalue weighted by Crippen LogP contribution is 2.23. The number of nitrogens with two attached hydrogens (primary N) is 1. The van der Waals surface area contributed by atoms with Crippen molar-refractivity contribution >= 4 is 21.7 Å². The topological polar surface area (TPSA) is 43.8 Å². The molecule has 0 spiro atoms. The first-order chi connectivity index (χ1) is 8.59. The summed E-state index contributed by atoms with van der Waals surface area (Å²) in [6, 6.07) is 3.91. The van der Waals surface area contributed by atoms with E-state index in [2.05, 4.69) is 45.5 Å². The molecule has 2 N–H and O–H groups in total. The van der Waals surface area contributed by atoms with Gasteiger partial charge in [0.15, 0.2) is 0 Å². The largest absolute Gasteiger partial charge is 0.383 e. The van der Waals surface area contributed by atoms with Gasteiger partial charge in [0, 0.05) is 28.1 Å². The van der Waals surface area contributed by atoms with Gasteiger partial charge in [-0.05, 0) is 41.4 Å². The first-order valence-corrected chi connectivity index (χ1v) is 6.90. The number of hydrogen-bond donors (Lipinski definition) is 1. The number of anilines is 1. The Morgan fingerprint density at radius 3 is 2.50 bits per heavy atom. The summed E-state index contributed by atoms with van der Waals surface area (Å²) in [5, 5.41) is 0. The van der Waals surface area contributed by atoms with Gasteiger partial charge in [-0.25, -0.2) is 4.98 Å². The minimum atomic E-state index is 0.601. The summed E-state index contributed by atoms with van der Waals surface area (Å²) in [6.45, 7) is 8.97. The van der Waals surface area contributed by atoms with Gasteiger partial charge in [0.25, 0.3) is 0 Å². The first-order valence-electron chi connectivity index (χ1n) is 6.11. The van der Waals surface area contributed by atoms with E-state index in [1.54, 1.807) is 6.20 Å². The summed E-state index contributed by atoms with van der Waals surface area (Å²) >= 11 is 3.53. The van der Waals surface area contributed by atoms with E-state index in [1.807, 2.05) is 26.0 Å². The van der Waals surface area contributed by atoms with E-state index in [0.29, 0.717) is 5.82 Å². The molecular weight excluding hydrogens is 290 g/mol. The van der Waals surface area contributed by atoms with Crippen LogP contribution in [0, 0.1) is 13.8 Å². The van der Waals surface area contributed by atoms with E-state index in [-0.39, 0.29) is 0 Å². The summed E-state index contributed by atoms with van der Waals surface area (Å²) in [5.41, 5.74) is 9.39. The minimum Gasteiger partial charge on any atom is -0.383 e. The quantitative estimate of drug-likeness (QED) is 0.913. The predicted octanol–water partition coefficient (Wildman–Crippen LogP) is 3.92. The molecule has 0 bridgehead atoms. The Morgan fingerprint density at radius 1 is 1.33 bits per heavy atom. The summed E-state index contributed by atoms with van der Waals surface area (Å²) in [4.78, 5) is 4.09. The van der Waals surface area contributed by atoms with Crippen LogP contribution in [0.5, 0.6) is 0 Å². The van der Waals surface area contributed by atoms with Crippen LogP contribution in [0.1, 0.15) is 30.7 Å². The fraction of sp³-hybridized carbons (Fsp3) is 0.357. The molecule has 4 heteroatoms. The van der Waals surface area contributed by atoms with Crippen molar-refractivity contribution < 1.29 is 0 Å². The van der Waals surface area contributed by atoms with Gasteiger partial charge in [-0.2, -0.15) is 0 Å². The van der Waals surface area contributed by atoms with Crippen LogP contribution in [-0.2, 0) is 6.54 Å². The average Bonchev–Trinajstić information content (AvgIpc) is 2.62. The summed E-state index contributed by atoms with van der Waals surface area (Å²) in [5.74, 6) is 0.601. The van der Waals surface area contributed by atoms with Crippen molar-refractivity contribution in [3.8, 4) is 0 Å². The maximum Gasteiger partial charge on any atom is 0.128 e. The van der Waals surface area contributed by atoms with Crippen molar-refractivity contribution in [2.75, 3.05) is 5.73 Å². The van der Waals surface area contributed by atoms with Gasteiger partial charge in [0.1, 0.15) is 5.82 Å². The molecule has 0 aliphatic carbocycles. The van der Waals surface area contributed by atoms with Crippen molar-refractivity contribution in [1.82, 2.24) is 9.55 Å². The van der Waals surface area contributed by atoms with Crippen molar-refractivity contribution in [2.24, 2.45) is 0 Å². The van der Waals surface area contributed by atoms with Crippen LogP contribution in [0.2, 0.25) is 0 Å². The molecule has 0 aliphatic heterocycles. The summed E-state index contributed by atoms with van der Waals surface area (Å²) < 4.78 is 3.31. The number of pyridine rings is 1. The van der Waals surface area contributed by atoms with Gasteiger partial charge in [-0.15, -0.1) is 0 Å². The van der Waals surface area contributed by atoms with E-state index < -0.39 is 0 Å². The molecule has 2 heterocycles. The highest BCUT2D eigenvalue weighted by Gasteiger charge is 2.08. The molecule has 0 aromatic carbocycles. The van der Waals surface area contributed by atoms with Crippen LogP contribution in [0.3, 0.4) is 0 Å². The number of rotatable bonds is 2. The molecule has 0 atom stereocenters. The Balaban J connectivity index is 0.000000771. The number of aromatic nitrogens is 2. The lowest BCUT2D eigenvalue weighted by molar-refractivity contribution is 0.772. The Kier molecular flexibility index (Phi) is 5.41. The number of halogens is 1. The first kappa shape index (κ1) is 14.8. The zero-order chi connectivity index (χ0) is 13.7. The monoisotopic (exact) mass is 309 g/mol. The van der Waals surface area contributed by atoms with Crippen molar-refractivity contribution in [2.45, 2.75) is 34.2 Å². The molecule has 0 fully saturated rings. The van der Waals surface area contributed by atoms with E-state index in [0.717, 1.165) is 16.6 Å². The molecule has 18 heavy (non-hydrogen) atoms. The van der Waals surface area contributed by atoms with Crippen LogP contribution >= 0.6 is 15.9 Å². The zero-order valence-electron chi connectivity index (χ0n) is 11.4. The fourth-order valence-corrected chi connectivity index (χ4v) is 2.19. The van der Waals surface area contributed by atoms with E-state index in [1.165, 1.54) is 11.3 Å². The highest BCUT2D eigenvalue weighted by atomic mass is 79.9. The second kappa shape index (κ2) is 6.59. The third-order valence-corrected chi connectivity index (χ3v) is 3.67. The molecule has 0 radical (unpaired) electrons. The molecule has 2 aromatic rings. The van der Waals surface area contributed by atoms with Crippen LogP contribution in [0.15, 0.2) is 29.0 Å². The summed E-state index contributed by atoms with van der Waals surface area (Å²) in [7, 11) is 0. The fourth-order valence-electron chi connectivity index (χ4n) is 1.65. The zero-order valence-corrected chi connectivity index (χ0v) is 13.0. The molecule has 0 saturated carbocycles. The van der Waals surface area contributed by atoms with Crippen molar-refractivity contribution in [3.63, 3.8) is 0 Å². The second-order valence-corrected chi connectivity index (χ2v) is 4.72. The van der Waals surface area contributed by atoms with E-state index >= 15 is 0 Å². The average molecular weight is 310 g/mol. The van der Waals surface area contributed by atoms with Crippen LogP contribution < -0.4 is 5.73 Å². The maximum atomic E-state index is 5.83. The standard InChI is InChI=1S/C12H14BrN3.C2H6/c1-8-9(2)16(7-11(8)13)6-10-4-3-5-15-12(10)14;1-2/h3-5,7H,6H2,1-2H3,(H2,14,15);1-2H3. The predicted molar refractivity (Wildman–Crippen MR) is 80.7 cm³/mol. The van der Waals surface area contributed by atoms with Crippen LogP contribution in [-0.4, -0.2) is 9.55 Å². The van der Waals surface area contributed by atoms with Crippen molar-refractivity contribution in [3.05, 3.63) is 45.8 Å². The number of nitrogen functional groups attached to an aromatic ring is 1. The number of nitrogens with zero attached hydrogens (tertiary/aromatic N) is 2. The molecule has 0 unspecified atom stereocenters. The third kappa shape index (κ3) is 3.13. The van der Waals surface area contributed by atoms with Crippen molar-refractivity contribution in [1.29, 1.82) is 0 Å². The van der Waals surface area contributed by atoms with Gasteiger partial charge in [0.05, 0.1) is 6.54 Å². The molecule has 98 valence electrons. The Morgan fingerprint density at radius 2 is 2.00 bits per heavy atom. The smallest absolute Gasteiger partial charge is 0.128 e. The van der Waals surface area contributed by atoms with Gasteiger partial charge in [0.2, 0.25) is 0 Å². The van der Waals surface area contributed by atoms with Gasteiger partial charge >= 0.3 is 0 Å². The van der Waals surface area contributed by atoms with E-state index in [4.69, 9.17) is 5.73 Å². The Bertz CT molecular complexity index is 518. The molecule has 3 nitrogen and oxygen atoms in total. The molecular formula is C14H20BrN3. The van der Waals surface area contributed by atoms with E-state index in [9.17, 15) is 0 Å². The molecule has 0 amide bonds. The SMILES string of the molecule is CC.Cc1c(Br)cn(Cc2cccnc2N)c1C. The van der Waals surface area contributed by atoms with Crippen LogP contribution in [0.4, 0.5) is 5.82 Å². The second-order valence-electron chi connectivity index (χ2n) is 3.86. The molecule has 2 aromatic heterocycles. The van der Waals surface area contributed by atoms with Gasteiger partial charge < -0.3 is 10.3 Å². The lowest BCUT2D eigenvalue weighted by Crippen LogP contribution is -2.04. The maximum absolute atomic E-state index is 5.83. The lowest BCUT2D eigenvalue weighted by atomic mass is 10.2.